The van der Waals surface area contributed by atoms with Crippen LogP contribution in [-0.2, 0) is 22.6 Å². The highest BCUT2D eigenvalue weighted by Crippen LogP contribution is 2.22. The second-order valence-electron chi connectivity index (χ2n) is 7.82. The Morgan fingerprint density at radius 2 is 1.96 bits per heavy atom. The van der Waals surface area contributed by atoms with Crippen LogP contribution in [0.4, 0.5) is 0 Å². The molecule has 0 radical (unpaired) electrons. The summed E-state index contributed by atoms with van der Waals surface area (Å²) in [6.07, 6.45) is 2.90. The monoisotopic (exact) mass is 368 g/mol. The van der Waals surface area contributed by atoms with Crippen LogP contribution >= 0.6 is 0 Å². The SMILES string of the molecule is CC(C)Cc1ccc(C(C)NC(=O)C2CC(=O)N(Cc3ccco3)C2)cc1. The molecule has 1 saturated heterocycles. The summed E-state index contributed by atoms with van der Waals surface area (Å²) in [7, 11) is 0. The van der Waals surface area contributed by atoms with Gasteiger partial charge in [-0.2, -0.15) is 0 Å². The van der Waals surface area contributed by atoms with E-state index in [1.54, 1.807) is 17.2 Å². The van der Waals surface area contributed by atoms with Gasteiger partial charge in [0.2, 0.25) is 11.8 Å². The highest BCUT2D eigenvalue weighted by molar-refractivity contribution is 5.89. The number of nitrogens with zero attached hydrogens (tertiary/aromatic N) is 1. The highest BCUT2D eigenvalue weighted by Gasteiger charge is 2.35. The Kier molecular flexibility index (Phi) is 5.99. The van der Waals surface area contributed by atoms with Crippen LogP contribution in [0.25, 0.3) is 0 Å². The first kappa shape index (κ1) is 19.2. The molecular formula is C22H28N2O3. The van der Waals surface area contributed by atoms with E-state index in [4.69, 9.17) is 4.42 Å². The van der Waals surface area contributed by atoms with Crippen molar-refractivity contribution in [3.8, 4) is 0 Å². The van der Waals surface area contributed by atoms with Gasteiger partial charge in [0.25, 0.3) is 0 Å². The molecule has 2 heterocycles. The van der Waals surface area contributed by atoms with Gasteiger partial charge in [0.05, 0.1) is 24.8 Å². The fraction of sp³-hybridized carbons (Fsp3) is 0.455. The number of furan rings is 1. The number of likely N-dealkylation sites (tertiary alicyclic amines) is 1. The van der Waals surface area contributed by atoms with E-state index in [0.717, 1.165) is 17.7 Å². The van der Waals surface area contributed by atoms with Crippen molar-refractivity contribution < 1.29 is 14.0 Å². The molecule has 5 nitrogen and oxygen atoms in total. The summed E-state index contributed by atoms with van der Waals surface area (Å²) in [5, 5.41) is 3.06. The Balaban J connectivity index is 1.54. The number of carbonyl (C=O) groups is 2. The molecule has 1 N–H and O–H groups in total. The van der Waals surface area contributed by atoms with Crippen molar-refractivity contribution in [2.75, 3.05) is 6.54 Å². The Morgan fingerprint density at radius 3 is 2.59 bits per heavy atom. The van der Waals surface area contributed by atoms with E-state index in [9.17, 15) is 9.59 Å². The third-order valence-corrected chi connectivity index (χ3v) is 4.99. The molecule has 0 spiro atoms. The minimum Gasteiger partial charge on any atom is -0.467 e. The van der Waals surface area contributed by atoms with Crippen molar-refractivity contribution in [1.29, 1.82) is 0 Å². The van der Waals surface area contributed by atoms with Crippen molar-refractivity contribution in [3.63, 3.8) is 0 Å². The zero-order valence-corrected chi connectivity index (χ0v) is 16.3. The van der Waals surface area contributed by atoms with E-state index in [2.05, 4.69) is 43.4 Å². The molecule has 1 aliphatic rings. The molecule has 27 heavy (non-hydrogen) atoms. The van der Waals surface area contributed by atoms with Crippen LogP contribution in [0.1, 0.15) is 50.1 Å². The van der Waals surface area contributed by atoms with Gasteiger partial charge < -0.3 is 14.6 Å². The number of nitrogens with one attached hydrogen (secondary N) is 1. The van der Waals surface area contributed by atoms with Gasteiger partial charge in [-0.3, -0.25) is 9.59 Å². The molecule has 3 rings (SSSR count). The summed E-state index contributed by atoms with van der Waals surface area (Å²) < 4.78 is 5.30. The van der Waals surface area contributed by atoms with E-state index in [-0.39, 0.29) is 30.2 Å². The molecule has 5 heteroatoms. The maximum Gasteiger partial charge on any atom is 0.225 e. The molecule has 2 aromatic rings. The molecule has 2 amide bonds. The van der Waals surface area contributed by atoms with Gasteiger partial charge in [-0.1, -0.05) is 38.1 Å². The van der Waals surface area contributed by atoms with Gasteiger partial charge in [-0.25, -0.2) is 0 Å². The summed E-state index contributed by atoms with van der Waals surface area (Å²) in [5.41, 5.74) is 2.38. The molecule has 2 unspecified atom stereocenters. The summed E-state index contributed by atoms with van der Waals surface area (Å²) >= 11 is 0. The molecule has 1 aliphatic heterocycles. The first-order chi connectivity index (χ1) is 12.9. The molecule has 1 fully saturated rings. The minimum absolute atomic E-state index is 0.00255. The first-order valence-corrected chi connectivity index (χ1v) is 9.61. The van der Waals surface area contributed by atoms with Crippen molar-refractivity contribution in [2.45, 2.75) is 46.2 Å². The number of hydrogen-bond acceptors (Lipinski definition) is 3. The van der Waals surface area contributed by atoms with Crippen molar-refractivity contribution in [3.05, 3.63) is 59.5 Å². The average Bonchev–Trinajstić information content (AvgIpc) is 3.25. The maximum absolute atomic E-state index is 12.6. The van der Waals surface area contributed by atoms with E-state index >= 15 is 0 Å². The molecule has 0 aliphatic carbocycles. The van der Waals surface area contributed by atoms with Crippen LogP contribution in [0.5, 0.6) is 0 Å². The first-order valence-electron chi connectivity index (χ1n) is 9.61. The summed E-state index contributed by atoms with van der Waals surface area (Å²) in [6, 6.07) is 12.0. The molecular weight excluding hydrogens is 340 g/mol. The third kappa shape index (κ3) is 5.00. The quantitative estimate of drug-likeness (QED) is 0.810. The predicted octanol–water partition coefficient (Wildman–Crippen LogP) is 3.70. The fourth-order valence-corrected chi connectivity index (χ4v) is 3.52. The van der Waals surface area contributed by atoms with Gasteiger partial charge in [0, 0.05) is 13.0 Å². The normalized spacial score (nSPS) is 18.1. The van der Waals surface area contributed by atoms with Crippen LogP contribution in [0, 0.1) is 11.8 Å². The lowest BCUT2D eigenvalue weighted by molar-refractivity contribution is -0.129. The van der Waals surface area contributed by atoms with Crippen LogP contribution in [0.3, 0.4) is 0 Å². The predicted molar refractivity (Wildman–Crippen MR) is 104 cm³/mol. The van der Waals surface area contributed by atoms with Crippen LogP contribution in [0.15, 0.2) is 47.1 Å². The number of rotatable bonds is 7. The van der Waals surface area contributed by atoms with Crippen LogP contribution in [0.2, 0.25) is 0 Å². The maximum atomic E-state index is 12.6. The van der Waals surface area contributed by atoms with Gasteiger partial charge in [-0.15, -0.1) is 0 Å². The van der Waals surface area contributed by atoms with E-state index in [1.807, 2.05) is 13.0 Å². The largest absolute Gasteiger partial charge is 0.467 e. The van der Waals surface area contributed by atoms with Crippen molar-refractivity contribution >= 4 is 11.8 Å². The molecule has 1 aromatic heterocycles. The third-order valence-electron chi connectivity index (χ3n) is 4.99. The highest BCUT2D eigenvalue weighted by atomic mass is 16.3. The van der Waals surface area contributed by atoms with Gasteiger partial charge in [-0.05, 0) is 42.5 Å². The van der Waals surface area contributed by atoms with Crippen LogP contribution in [-0.4, -0.2) is 23.3 Å². The second-order valence-corrected chi connectivity index (χ2v) is 7.82. The van der Waals surface area contributed by atoms with Crippen molar-refractivity contribution in [1.82, 2.24) is 10.2 Å². The molecule has 1 aromatic carbocycles. The number of amides is 2. The Labute approximate surface area is 160 Å². The standard InChI is InChI=1S/C22H28N2O3/c1-15(2)11-17-6-8-18(9-7-17)16(3)23-22(26)19-12-21(25)24(13-19)14-20-5-4-10-27-20/h4-10,15-16,19H,11-14H2,1-3H3,(H,23,26). The average molecular weight is 368 g/mol. The number of benzene rings is 1. The van der Waals surface area contributed by atoms with Gasteiger partial charge >= 0.3 is 0 Å². The van der Waals surface area contributed by atoms with E-state index < -0.39 is 0 Å². The fourth-order valence-electron chi connectivity index (χ4n) is 3.52. The molecule has 0 bridgehead atoms. The zero-order chi connectivity index (χ0) is 19.4. The lowest BCUT2D eigenvalue weighted by Crippen LogP contribution is -2.34. The number of carbonyl (C=O) groups excluding carboxylic acids is 2. The summed E-state index contributed by atoms with van der Waals surface area (Å²) in [5.74, 6) is 0.979. The number of hydrogen-bond donors (Lipinski definition) is 1. The molecule has 2 atom stereocenters. The van der Waals surface area contributed by atoms with Crippen molar-refractivity contribution in [2.24, 2.45) is 11.8 Å². The minimum atomic E-state index is -0.310. The smallest absolute Gasteiger partial charge is 0.225 e. The molecule has 144 valence electrons. The van der Waals surface area contributed by atoms with E-state index in [0.29, 0.717) is 19.0 Å². The zero-order valence-electron chi connectivity index (χ0n) is 16.3. The summed E-state index contributed by atoms with van der Waals surface area (Å²) in [6.45, 7) is 7.24. The topological polar surface area (TPSA) is 62.6 Å². The second kappa shape index (κ2) is 8.42. The summed E-state index contributed by atoms with van der Waals surface area (Å²) in [4.78, 5) is 26.5. The van der Waals surface area contributed by atoms with E-state index in [1.165, 1.54) is 5.56 Å². The van der Waals surface area contributed by atoms with Gasteiger partial charge in [0.1, 0.15) is 5.76 Å². The Hall–Kier alpha value is -2.56. The lowest BCUT2D eigenvalue weighted by atomic mass is 9.99. The molecule has 0 saturated carbocycles. The van der Waals surface area contributed by atoms with Gasteiger partial charge in [0.15, 0.2) is 0 Å². The Bertz CT molecular complexity index is 765. The van der Waals surface area contributed by atoms with Crippen LogP contribution < -0.4 is 5.32 Å². The Morgan fingerprint density at radius 1 is 1.22 bits per heavy atom. The lowest BCUT2D eigenvalue weighted by Gasteiger charge is -2.18.